The van der Waals surface area contributed by atoms with E-state index in [1.165, 1.54) is 10.7 Å². The third-order valence-corrected chi connectivity index (χ3v) is 3.53. The van der Waals surface area contributed by atoms with Gasteiger partial charge in [-0.25, -0.2) is 4.68 Å². The van der Waals surface area contributed by atoms with E-state index in [2.05, 4.69) is 24.7 Å². The summed E-state index contributed by atoms with van der Waals surface area (Å²) in [6.07, 6.45) is 1.57. The lowest BCUT2D eigenvalue weighted by Gasteiger charge is -2.15. The van der Waals surface area contributed by atoms with Gasteiger partial charge in [0.1, 0.15) is 6.73 Å². The average Bonchev–Trinajstić information content (AvgIpc) is 2.44. The third kappa shape index (κ3) is 4.52. The molecule has 0 fully saturated rings. The van der Waals surface area contributed by atoms with E-state index in [4.69, 9.17) is 4.74 Å². The highest BCUT2D eigenvalue weighted by molar-refractivity contribution is 6.76. The third-order valence-electron chi connectivity index (χ3n) is 1.83. The maximum atomic E-state index is 12.4. The van der Waals surface area contributed by atoms with Crippen LogP contribution in [0.4, 0.5) is 4.39 Å². The molecule has 0 aliphatic rings. The van der Waals surface area contributed by atoms with Gasteiger partial charge in [0.25, 0.3) is 0 Å². The summed E-state index contributed by atoms with van der Waals surface area (Å²) in [4.78, 5) is 0. The Morgan fingerprint density at radius 2 is 2.21 bits per heavy atom. The molecule has 0 unspecified atom stereocenters. The van der Waals surface area contributed by atoms with Gasteiger partial charge in [-0.05, 0) is 6.04 Å². The molecule has 0 saturated carbocycles. The molecule has 5 heteroatoms. The van der Waals surface area contributed by atoms with Crippen LogP contribution in [0.5, 0.6) is 0 Å². The van der Waals surface area contributed by atoms with Gasteiger partial charge >= 0.3 is 0 Å². The number of ether oxygens (including phenoxy) is 1. The molecule has 0 aliphatic heterocycles. The molecule has 14 heavy (non-hydrogen) atoms. The van der Waals surface area contributed by atoms with E-state index in [1.807, 2.05) is 0 Å². The van der Waals surface area contributed by atoms with E-state index in [0.29, 0.717) is 6.73 Å². The van der Waals surface area contributed by atoms with Crippen molar-refractivity contribution in [2.45, 2.75) is 32.4 Å². The lowest BCUT2D eigenvalue weighted by atomic mass is 10.7. The van der Waals surface area contributed by atoms with Crippen molar-refractivity contribution in [2.24, 2.45) is 0 Å². The van der Waals surface area contributed by atoms with Crippen molar-refractivity contribution in [3.8, 4) is 0 Å². The molecule has 0 bridgehead atoms. The van der Waals surface area contributed by atoms with Gasteiger partial charge in [-0.15, -0.1) is 5.10 Å². The summed E-state index contributed by atoms with van der Waals surface area (Å²) in [5.41, 5.74) is 0. The van der Waals surface area contributed by atoms with Crippen LogP contribution in [0.2, 0.25) is 25.7 Å². The molecule has 1 aromatic heterocycles. The van der Waals surface area contributed by atoms with Crippen LogP contribution in [0, 0.1) is 5.95 Å². The Labute approximate surface area is 84.9 Å². The van der Waals surface area contributed by atoms with E-state index in [-0.39, 0.29) is 0 Å². The van der Waals surface area contributed by atoms with Gasteiger partial charge in [-0.3, -0.25) is 0 Å². The molecule has 0 aliphatic carbocycles. The standard InChI is InChI=1S/C9H17FN2OSi/c1-14(2,3)7-6-13-8-12-5-4-9(10)11-12/h4-5H,6-8H2,1-3H3. The van der Waals surface area contributed by atoms with Gasteiger partial charge in [0, 0.05) is 26.9 Å². The van der Waals surface area contributed by atoms with Crippen molar-refractivity contribution in [1.29, 1.82) is 0 Å². The van der Waals surface area contributed by atoms with Crippen LogP contribution in [-0.4, -0.2) is 24.5 Å². The number of halogens is 1. The van der Waals surface area contributed by atoms with Gasteiger partial charge in [0.2, 0.25) is 5.95 Å². The molecule has 0 amide bonds. The second kappa shape index (κ2) is 4.70. The molecule has 80 valence electrons. The molecule has 0 aromatic carbocycles. The zero-order chi connectivity index (χ0) is 10.6. The van der Waals surface area contributed by atoms with Crippen LogP contribution in [0.15, 0.2) is 12.3 Å². The van der Waals surface area contributed by atoms with Gasteiger partial charge in [0.15, 0.2) is 0 Å². The van der Waals surface area contributed by atoms with E-state index in [9.17, 15) is 4.39 Å². The highest BCUT2D eigenvalue weighted by Crippen LogP contribution is 2.07. The Hall–Kier alpha value is -0.683. The number of rotatable bonds is 5. The van der Waals surface area contributed by atoms with Crippen LogP contribution in [0.1, 0.15) is 0 Å². The Morgan fingerprint density at radius 1 is 1.50 bits per heavy atom. The van der Waals surface area contributed by atoms with Gasteiger partial charge in [0.05, 0.1) is 0 Å². The smallest absolute Gasteiger partial charge is 0.232 e. The van der Waals surface area contributed by atoms with Crippen molar-refractivity contribution in [3.05, 3.63) is 18.2 Å². The highest BCUT2D eigenvalue weighted by atomic mass is 28.3. The maximum absolute atomic E-state index is 12.4. The molecule has 1 heterocycles. The summed E-state index contributed by atoms with van der Waals surface area (Å²) in [5.74, 6) is -0.459. The molecule has 0 atom stereocenters. The lowest BCUT2D eigenvalue weighted by molar-refractivity contribution is 0.0774. The number of hydrogen-bond acceptors (Lipinski definition) is 2. The lowest BCUT2D eigenvalue weighted by Crippen LogP contribution is -2.22. The molecule has 1 rings (SSSR count). The van der Waals surface area contributed by atoms with Gasteiger partial charge in [-0.1, -0.05) is 19.6 Å². The van der Waals surface area contributed by atoms with Crippen LogP contribution in [0.25, 0.3) is 0 Å². The minimum absolute atomic E-state index is 0.342. The summed E-state index contributed by atoms with van der Waals surface area (Å²) < 4.78 is 19.3. The fraction of sp³-hybridized carbons (Fsp3) is 0.667. The van der Waals surface area contributed by atoms with Crippen LogP contribution < -0.4 is 0 Å². The number of hydrogen-bond donors (Lipinski definition) is 0. The minimum Gasteiger partial charge on any atom is -0.360 e. The van der Waals surface area contributed by atoms with Gasteiger partial charge in [-0.2, -0.15) is 4.39 Å². The first kappa shape index (κ1) is 11.4. The summed E-state index contributed by atoms with van der Waals surface area (Å²) >= 11 is 0. The second-order valence-corrected chi connectivity index (χ2v) is 10.1. The van der Waals surface area contributed by atoms with Crippen LogP contribution in [-0.2, 0) is 11.5 Å². The molecule has 0 N–H and O–H groups in total. The largest absolute Gasteiger partial charge is 0.360 e. The molecule has 3 nitrogen and oxygen atoms in total. The molecule has 0 radical (unpaired) electrons. The first-order chi connectivity index (χ1) is 6.47. The molecule has 0 spiro atoms. The quantitative estimate of drug-likeness (QED) is 0.558. The van der Waals surface area contributed by atoms with E-state index < -0.39 is 14.0 Å². The van der Waals surface area contributed by atoms with E-state index in [1.54, 1.807) is 6.20 Å². The predicted molar refractivity (Wildman–Crippen MR) is 56.3 cm³/mol. The Morgan fingerprint density at radius 3 is 2.71 bits per heavy atom. The summed E-state index contributed by atoms with van der Waals surface area (Å²) in [6, 6.07) is 2.44. The number of nitrogens with zero attached hydrogens (tertiary/aromatic N) is 2. The fourth-order valence-corrected chi connectivity index (χ4v) is 1.70. The van der Waals surface area contributed by atoms with Crippen LogP contribution in [0.3, 0.4) is 0 Å². The Kier molecular flexibility index (Phi) is 3.83. The zero-order valence-electron chi connectivity index (χ0n) is 8.96. The van der Waals surface area contributed by atoms with Crippen molar-refractivity contribution in [2.75, 3.05) is 6.61 Å². The van der Waals surface area contributed by atoms with E-state index >= 15 is 0 Å². The molecule has 0 saturated heterocycles. The maximum Gasteiger partial charge on any atom is 0.232 e. The van der Waals surface area contributed by atoms with Crippen molar-refractivity contribution in [3.63, 3.8) is 0 Å². The Balaban J connectivity index is 2.16. The normalized spacial score (nSPS) is 12.0. The molecular weight excluding hydrogens is 199 g/mol. The fourth-order valence-electron chi connectivity index (χ4n) is 0.945. The van der Waals surface area contributed by atoms with Crippen molar-refractivity contribution in [1.82, 2.24) is 9.78 Å². The number of aromatic nitrogens is 2. The highest BCUT2D eigenvalue weighted by Gasteiger charge is 2.11. The first-order valence-electron chi connectivity index (χ1n) is 4.74. The predicted octanol–water partition coefficient (Wildman–Crippen LogP) is 2.33. The average molecular weight is 216 g/mol. The first-order valence-corrected chi connectivity index (χ1v) is 8.45. The molecular formula is C9H17FN2OSi. The summed E-state index contributed by atoms with van der Waals surface area (Å²) in [6.45, 7) is 7.96. The van der Waals surface area contributed by atoms with Crippen LogP contribution >= 0.6 is 0 Å². The van der Waals surface area contributed by atoms with E-state index in [0.717, 1.165) is 12.7 Å². The monoisotopic (exact) mass is 216 g/mol. The Bertz CT molecular complexity index is 283. The topological polar surface area (TPSA) is 27.1 Å². The summed E-state index contributed by atoms with van der Waals surface area (Å²) in [7, 11) is -1.02. The minimum atomic E-state index is -1.02. The zero-order valence-corrected chi connectivity index (χ0v) is 9.96. The second-order valence-electron chi connectivity index (χ2n) is 4.53. The SMILES string of the molecule is C[Si](C)(C)CCOCn1ccc(F)n1. The van der Waals surface area contributed by atoms with Gasteiger partial charge < -0.3 is 4.74 Å². The van der Waals surface area contributed by atoms with Crippen molar-refractivity contribution >= 4 is 8.07 Å². The summed E-state index contributed by atoms with van der Waals surface area (Å²) in [5, 5.41) is 3.58. The van der Waals surface area contributed by atoms with Crippen molar-refractivity contribution < 1.29 is 9.13 Å². The molecule has 1 aromatic rings.